The molecule has 1 fully saturated rings. The Kier molecular flexibility index (Phi) is 4.58. The highest BCUT2D eigenvalue weighted by Crippen LogP contribution is 2.24. The van der Waals surface area contributed by atoms with Crippen LogP contribution < -0.4 is 5.73 Å². The highest BCUT2D eigenvalue weighted by molar-refractivity contribution is 5.80. The zero-order valence-electron chi connectivity index (χ0n) is 10.2. The van der Waals surface area contributed by atoms with Crippen molar-refractivity contribution in [3.63, 3.8) is 0 Å². The van der Waals surface area contributed by atoms with Crippen LogP contribution in [0, 0.1) is 5.92 Å². The number of hydrogen-bond acceptors (Lipinski definition) is 2. The third kappa shape index (κ3) is 3.20. The topological polar surface area (TPSA) is 46.3 Å². The van der Waals surface area contributed by atoms with E-state index in [4.69, 9.17) is 5.73 Å². The second-order valence-electron chi connectivity index (χ2n) is 5.05. The van der Waals surface area contributed by atoms with Crippen LogP contribution in [0.3, 0.4) is 0 Å². The van der Waals surface area contributed by atoms with Crippen molar-refractivity contribution in [1.29, 1.82) is 0 Å². The first-order valence-electron chi connectivity index (χ1n) is 6.05. The van der Waals surface area contributed by atoms with Crippen molar-refractivity contribution in [1.82, 2.24) is 4.90 Å². The second-order valence-corrected chi connectivity index (χ2v) is 5.05. The van der Waals surface area contributed by atoms with E-state index in [0.29, 0.717) is 12.0 Å². The molecular formula is C12H24N2O. The minimum Gasteiger partial charge on any atom is -0.368 e. The van der Waals surface area contributed by atoms with Gasteiger partial charge in [0, 0.05) is 6.04 Å². The number of rotatable bonds is 4. The molecule has 0 saturated heterocycles. The summed E-state index contributed by atoms with van der Waals surface area (Å²) >= 11 is 0. The summed E-state index contributed by atoms with van der Waals surface area (Å²) in [6.07, 6.45) is 6.35. The Morgan fingerprint density at radius 1 is 1.27 bits per heavy atom. The standard InChI is InChI=1S/C12H24N2O/c1-9(2)11(12(13)15)14(3)10-7-5-4-6-8-10/h9-11H,4-8H2,1-3H3,(H2,13,15). The van der Waals surface area contributed by atoms with Gasteiger partial charge in [0.1, 0.15) is 0 Å². The van der Waals surface area contributed by atoms with Crippen LogP contribution in [0.25, 0.3) is 0 Å². The van der Waals surface area contributed by atoms with Gasteiger partial charge in [0.2, 0.25) is 5.91 Å². The fraction of sp³-hybridized carbons (Fsp3) is 0.917. The molecule has 0 aliphatic heterocycles. The van der Waals surface area contributed by atoms with Crippen LogP contribution in [-0.4, -0.2) is 29.9 Å². The van der Waals surface area contributed by atoms with Crippen LogP contribution >= 0.6 is 0 Å². The second kappa shape index (κ2) is 5.50. The Bertz CT molecular complexity index is 210. The molecule has 15 heavy (non-hydrogen) atoms. The lowest BCUT2D eigenvalue weighted by Gasteiger charge is -2.37. The van der Waals surface area contributed by atoms with E-state index < -0.39 is 0 Å². The molecule has 0 bridgehead atoms. The summed E-state index contributed by atoms with van der Waals surface area (Å²) < 4.78 is 0. The van der Waals surface area contributed by atoms with Gasteiger partial charge in [-0.2, -0.15) is 0 Å². The van der Waals surface area contributed by atoms with E-state index in [1.165, 1.54) is 32.1 Å². The first-order valence-corrected chi connectivity index (χ1v) is 6.05. The summed E-state index contributed by atoms with van der Waals surface area (Å²) in [5.41, 5.74) is 5.46. The molecule has 1 unspecified atom stereocenters. The zero-order chi connectivity index (χ0) is 11.4. The maximum absolute atomic E-state index is 11.4. The molecule has 1 saturated carbocycles. The van der Waals surface area contributed by atoms with Crippen LogP contribution in [-0.2, 0) is 4.79 Å². The summed E-state index contributed by atoms with van der Waals surface area (Å²) in [6, 6.07) is 0.451. The van der Waals surface area contributed by atoms with Gasteiger partial charge in [-0.05, 0) is 25.8 Å². The van der Waals surface area contributed by atoms with Gasteiger partial charge in [-0.1, -0.05) is 33.1 Å². The molecule has 3 nitrogen and oxygen atoms in total. The van der Waals surface area contributed by atoms with E-state index in [2.05, 4.69) is 18.7 Å². The molecule has 0 heterocycles. The Labute approximate surface area is 93.0 Å². The van der Waals surface area contributed by atoms with E-state index in [-0.39, 0.29) is 11.9 Å². The summed E-state index contributed by atoms with van der Waals surface area (Å²) in [4.78, 5) is 13.6. The lowest BCUT2D eigenvalue weighted by atomic mass is 9.91. The summed E-state index contributed by atoms with van der Waals surface area (Å²) in [7, 11) is 2.05. The van der Waals surface area contributed by atoms with Gasteiger partial charge in [-0.25, -0.2) is 0 Å². The van der Waals surface area contributed by atoms with Gasteiger partial charge in [0.15, 0.2) is 0 Å². The van der Waals surface area contributed by atoms with Crippen LogP contribution in [0.2, 0.25) is 0 Å². The molecule has 0 aromatic carbocycles. The minimum atomic E-state index is -0.182. The molecular weight excluding hydrogens is 188 g/mol. The average molecular weight is 212 g/mol. The van der Waals surface area contributed by atoms with Gasteiger partial charge in [0.25, 0.3) is 0 Å². The van der Waals surface area contributed by atoms with E-state index in [9.17, 15) is 4.79 Å². The van der Waals surface area contributed by atoms with Crippen molar-refractivity contribution in [3.8, 4) is 0 Å². The number of amides is 1. The van der Waals surface area contributed by atoms with Gasteiger partial charge >= 0.3 is 0 Å². The highest BCUT2D eigenvalue weighted by Gasteiger charge is 2.29. The number of likely N-dealkylation sites (N-methyl/N-ethyl adjacent to an activating group) is 1. The summed E-state index contributed by atoms with van der Waals surface area (Å²) in [5, 5.41) is 0. The fourth-order valence-electron chi connectivity index (χ4n) is 2.71. The van der Waals surface area contributed by atoms with Crippen molar-refractivity contribution in [2.24, 2.45) is 11.7 Å². The zero-order valence-corrected chi connectivity index (χ0v) is 10.2. The minimum absolute atomic E-state index is 0.104. The molecule has 1 amide bonds. The number of hydrogen-bond donors (Lipinski definition) is 1. The van der Waals surface area contributed by atoms with E-state index in [0.717, 1.165) is 0 Å². The number of carbonyl (C=O) groups excluding carboxylic acids is 1. The Hall–Kier alpha value is -0.570. The lowest BCUT2D eigenvalue weighted by molar-refractivity contribution is -0.125. The molecule has 88 valence electrons. The average Bonchev–Trinajstić information content (AvgIpc) is 2.18. The summed E-state index contributed by atoms with van der Waals surface area (Å²) in [5.74, 6) is 0.118. The van der Waals surface area contributed by atoms with Crippen molar-refractivity contribution < 1.29 is 4.79 Å². The molecule has 2 N–H and O–H groups in total. The van der Waals surface area contributed by atoms with Crippen molar-refractivity contribution in [2.75, 3.05) is 7.05 Å². The Morgan fingerprint density at radius 2 is 1.80 bits per heavy atom. The first-order chi connectivity index (χ1) is 7.04. The van der Waals surface area contributed by atoms with E-state index in [1.54, 1.807) is 0 Å². The Morgan fingerprint density at radius 3 is 2.20 bits per heavy atom. The third-order valence-electron chi connectivity index (χ3n) is 3.51. The predicted octanol–water partition coefficient (Wildman–Crippen LogP) is 1.76. The van der Waals surface area contributed by atoms with Crippen molar-refractivity contribution >= 4 is 5.91 Å². The molecule has 1 rings (SSSR count). The first kappa shape index (κ1) is 12.5. The lowest BCUT2D eigenvalue weighted by Crippen LogP contribution is -2.50. The van der Waals surface area contributed by atoms with Crippen LogP contribution in [0.1, 0.15) is 46.0 Å². The maximum Gasteiger partial charge on any atom is 0.235 e. The van der Waals surface area contributed by atoms with E-state index in [1.807, 2.05) is 7.05 Å². The van der Waals surface area contributed by atoms with Crippen LogP contribution in [0.15, 0.2) is 0 Å². The molecule has 1 aliphatic rings. The van der Waals surface area contributed by atoms with Crippen molar-refractivity contribution in [3.05, 3.63) is 0 Å². The highest BCUT2D eigenvalue weighted by atomic mass is 16.1. The molecule has 0 aromatic rings. The largest absolute Gasteiger partial charge is 0.368 e. The van der Waals surface area contributed by atoms with Crippen LogP contribution in [0.4, 0.5) is 0 Å². The smallest absolute Gasteiger partial charge is 0.235 e. The molecule has 0 spiro atoms. The quantitative estimate of drug-likeness (QED) is 0.772. The van der Waals surface area contributed by atoms with Gasteiger partial charge in [-0.3, -0.25) is 9.69 Å². The number of nitrogens with zero attached hydrogens (tertiary/aromatic N) is 1. The molecule has 3 heteroatoms. The van der Waals surface area contributed by atoms with Crippen molar-refractivity contribution in [2.45, 2.75) is 58.0 Å². The normalized spacial score (nSPS) is 20.9. The molecule has 0 radical (unpaired) electrons. The number of carbonyl (C=O) groups is 1. The van der Waals surface area contributed by atoms with Gasteiger partial charge in [0.05, 0.1) is 6.04 Å². The molecule has 1 atom stereocenters. The third-order valence-corrected chi connectivity index (χ3v) is 3.51. The fourth-order valence-corrected chi connectivity index (χ4v) is 2.71. The monoisotopic (exact) mass is 212 g/mol. The van der Waals surface area contributed by atoms with Crippen LogP contribution in [0.5, 0.6) is 0 Å². The molecule has 1 aliphatic carbocycles. The van der Waals surface area contributed by atoms with Gasteiger partial charge in [-0.15, -0.1) is 0 Å². The van der Waals surface area contributed by atoms with Gasteiger partial charge < -0.3 is 5.73 Å². The maximum atomic E-state index is 11.4. The SMILES string of the molecule is CC(C)C(C(N)=O)N(C)C1CCCCC1. The number of primary amides is 1. The molecule has 0 aromatic heterocycles. The predicted molar refractivity (Wildman–Crippen MR) is 62.5 cm³/mol. The Balaban J connectivity index is 2.61. The summed E-state index contributed by atoms with van der Waals surface area (Å²) in [6.45, 7) is 4.13. The van der Waals surface area contributed by atoms with E-state index >= 15 is 0 Å². The number of nitrogens with two attached hydrogens (primary N) is 1.